The van der Waals surface area contributed by atoms with E-state index in [0.717, 1.165) is 5.56 Å². The van der Waals surface area contributed by atoms with E-state index in [1.54, 1.807) is 49.4 Å². The first kappa shape index (κ1) is 16.8. The van der Waals surface area contributed by atoms with E-state index in [2.05, 4.69) is 10.6 Å². The summed E-state index contributed by atoms with van der Waals surface area (Å²) in [7, 11) is 0. The highest BCUT2D eigenvalue weighted by atomic mass is 35.5. The van der Waals surface area contributed by atoms with E-state index >= 15 is 0 Å². The number of benzene rings is 2. The number of hydrogen-bond acceptors (Lipinski definition) is 3. The Morgan fingerprint density at radius 1 is 1.04 bits per heavy atom. The van der Waals surface area contributed by atoms with Crippen LogP contribution in [0, 0.1) is 6.92 Å². The molecule has 2 amide bonds. The van der Waals surface area contributed by atoms with Gasteiger partial charge in [0.25, 0.3) is 0 Å². The highest BCUT2D eigenvalue weighted by Crippen LogP contribution is 2.20. The summed E-state index contributed by atoms with van der Waals surface area (Å²) in [5.41, 5.74) is 1.84. The van der Waals surface area contributed by atoms with Crippen LogP contribution in [-0.4, -0.2) is 18.4 Å². The average Bonchev–Trinajstić information content (AvgIpc) is 2.52. The summed E-state index contributed by atoms with van der Waals surface area (Å²) in [6, 6.07) is 11.8. The summed E-state index contributed by atoms with van der Waals surface area (Å²) < 4.78 is 5.31. The second kappa shape index (κ2) is 7.65. The maximum Gasteiger partial charge on any atom is 0.314 e. The van der Waals surface area contributed by atoms with E-state index in [-0.39, 0.29) is 0 Å². The molecule has 0 spiro atoms. The number of nitrogens with one attached hydrogen (secondary N) is 2. The SMILES string of the molecule is CCOc1ccc(NC(=O)C(=O)Nc2ccc(Cl)cc2C)cc1. The fourth-order valence-corrected chi connectivity index (χ4v) is 2.16. The van der Waals surface area contributed by atoms with Crippen LogP contribution in [0.1, 0.15) is 12.5 Å². The van der Waals surface area contributed by atoms with Crippen molar-refractivity contribution in [3.63, 3.8) is 0 Å². The van der Waals surface area contributed by atoms with Crippen molar-refractivity contribution >= 4 is 34.8 Å². The largest absolute Gasteiger partial charge is 0.494 e. The van der Waals surface area contributed by atoms with Gasteiger partial charge < -0.3 is 15.4 Å². The van der Waals surface area contributed by atoms with Crippen molar-refractivity contribution in [2.24, 2.45) is 0 Å². The molecule has 120 valence electrons. The minimum atomic E-state index is -0.747. The number of hydrogen-bond donors (Lipinski definition) is 2. The van der Waals surface area contributed by atoms with E-state index in [9.17, 15) is 9.59 Å². The maximum atomic E-state index is 11.9. The first-order valence-corrected chi connectivity index (χ1v) is 7.48. The molecule has 0 bridgehead atoms. The number of ether oxygens (including phenoxy) is 1. The van der Waals surface area contributed by atoms with Crippen molar-refractivity contribution in [3.8, 4) is 5.75 Å². The number of aryl methyl sites for hydroxylation is 1. The Balaban J connectivity index is 1.98. The van der Waals surface area contributed by atoms with E-state index in [4.69, 9.17) is 16.3 Å². The molecule has 0 aliphatic heterocycles. The Hall–Kier alpha value is -2.53. The van der Waals surface area contributed by atoms with Gasteiger partial charge in [0.1, 0.15) is 5.75 Å². The Morgan fingerprint density at radius 2 is 1.70 bits per heavy atom. The molecule has 0 saturated carbocycles. The molecule has 5 nitrogen and oxygen atoms in total. The van der Waals surface area contributed by atoms with Gasteiger partial charge in [0.15, 0.2) is 0 Å². The number of anilines is 2. The molecule has 0 saturated heterocycles. The predicted octanol–water partition coefficient (Wildman–Crippen LogP) is 3.62. The lowest BCUT2D eigenvalue weighted by Crippen LogP contribution is -2.29. The molecule has 0 aliphatic carbocycles. The van der Waals surface area contributed by atoms with Crippen molar-refractivity contribution in [2.45, 2.75) is 13.8 Å². The molecule has 0 aromatic heterocycles. The Bertz CT molecular complexity index is 714. The molecule has 23 heavy (non-hydrogen) atoms. The highest BCUT2D eigenvalue weighted by Gasteiger charge is 2.15. The van der Waals surface area contributed by atoms with Gasteiger partial charge in [-0.25, -0.2) is 0 Å². The zero-order valence-electron chi connectivity index (χ0n) is 12.9. The molecule has 2 N–H and O–H groups in total. The van der Waals surface area contributed by atoms with Gasteiger partial charge in [0.05, 0.1) is 6.61 Å². The number of carbonyl (C=O) groups excluding carboxylic acids is 2. The van der Waals surface area contributed by atoms with Crippen LogP contribution in [0.25, 0.3) is 0 Å². The quantitative estimate of drug-likeness (QED) is 0.840. The third-order valence-electron chi connectivity index (χ3n) is 3.07. The lowest BCUT2D eigenvalue weighted by molar-refractivity contribution is -0.133. The molecule has 0 unspecified atom stereocenters. The summed E-state index contributed by atoms with van der Waals surface area (Å²) in [5, 5.41) is 5.65. The zero-order valence-corrected chi connectivity index (χ0v) is 13.6. The van der Waals surface area contributed by atoms with E-state index < -0.39 is 11.8 Å². The molecule has 0 radical (unpaired) electrons. The smallest absolute Gasteiger partial charge is 0.314 e. The molecule has 2 rings (SSSR count). The van der Waals surface area contributed by atoms with Crippen LogP contribution in [0.3, 0.4) is 0 Å². The normalized spacial score (nSPS) is 10.0. The van der Waals surface area contributed by atoms with E-state index in [0.29, 0.717) is 28.8 Å². The third-order valence-corrected chi connectivity index (χ3v) is 3.30. The molecule has 2 aromatic carbocycles. The van der Waals surface area contributed by atoms with Gasteiger partial charge in [-0.3, -0.25) is 9.59 Å². The summed E-state index contributed by atoms with van der Waals surface area (Å²) in [5.74, 6) is -0.792. The second-order valence-electron chi connectivity index (χ2n) is 4.82. The number of halogens is 1. The molecular formula is C17H17ClN2O3. The van der Waals surface area contributed by atoms with Gasteiger partial charge >= 0.3 is 11.8 Å². The topological polar surface area (TPSA) is 67.4 Å². The number of amides is 2. The monoisotopic (exact) mass is 332 g/mol. The fourth-order valence-electron chi connectivity index (χ4n) is 1.94. The van der Waals surface area contributed by atoms with Gasteiger partial charge in [-0.05, 0) is 61.9 Å². The van der Waals surface area contributed by atoms with Crippen molar-refractivity contribution in [2.75, 3.05) is 17.2 Å². The van der Waals surface area contributed by atoms with Gasteiger partial charge in [-0.2, -0.15) is 0 Å². The molecule has 2 aromatic rings. The van der Waals surface area contributed by atoms with Crippen LogP contribution >= 0.6 is 11.6 Å². The van der Waals surface area contributed by atoms with Gasteiger partial charge in [-0.15, -0.1) is 0 Å². The molecule has 0 fully saturated rings. The van der Waals surface area contributed by atoms with Gasteiger partial charge in [-0.1, -0.05) is 11.6 Å². The van der Waals surface area contributed by atoms with E-state index in [1.807, 2.05) is 6.92 Å². The molecule has 0 aliphatic rings. The lowest BCUT2D eigenvalue weighted by Gasteiger charge is -2.09. The Morgan fingerprint density at radius 3 is 2.30 bits per heavy atom. The van der Waals surface area contributed by atoms with Crippen LogP contribution in [-0.2, 0) is 9.59 Å². The highest BCUT2D eigenvalue weighted by molar-refractivity contribution is 6.43. The molecule has 0 heterocycles. The minimum Gasteiger partial charge on any atom is -0.494 e. The average molecular weight is 333 g/mol. The number of rotatable bonds is 4. The molecular weight excluding hydrogens is 316 g/mol. The van der Waals surface area contributed by atoms with Gasteiger partial charge in [0, 0.05) is 16.4 Å². The first-order chi connectivity index (χ1) is 11.0. The van der Waals surface area contributed by atoms with Crippen LogP contribution in [0.5, 0.6) is 5.75 Å². The second-order valence-corrected chi connectivity index (χ2v) is 5.26. The van der Waals surface area contributed by atoms with E-state index in [1.165, 1.54) is 0 Å². The standard InChI is InChI=1S/C17H17ClN2O3/c1-3-23-14-7-5-13(6-8-14)19-16(21)17(22)20-15-9-4-12(18)10-11(15)2/h4-10H,3H2,1-2H3,(H,19,21)(H,20,22). The maximum absolute atomic E-state index is 11.9. The van der Waals surface area contributed by atoms with Crippen LogP contribution in [0.2, 0.25) is 5.02 Å². The van der Waals surface area contributed by atoms with Crippen molar-refractivity contribution in [3.05, 3.63) is 53.1 Å². The van der Waals surface area contributed by atoms with Crippen molar-refractivity contribution < 1.29 is 14.3 Å². The Labute approximate surface area is 139 Å². The molecule has 6 heteroatoms. The van der Waals surface area contributed by atoms with Crippen molar-refractivity contribution in [1.29, 1.82) is 0 Å². The summed E-state index contributed by atoms with van der Waals surface area (Å²) in [6.07, 6.45) is 0. The van der Waals surface area contributed by atoms with Crippen LogP contribution in [0.15, 0.2) is 42.5 Å². The van der Waals surface area contributed by atoms with Crippen molar-refractivity contribution in [1.82, 2.24) is 0 Å². The summed E-state index contributed by atoms with van der Waals surface area (Å²) in [6.45, 7) is 4.25. The number of carbonyl (C=O) groups is 2. The molecule has 0 atom stereocenters. The third kappa shape index (κ3) is 4.72. The lowest BCUT2D eigenvalue weighted by atomic mass is 10.2. The Kier molecular flexibility index (Phi) is 5.60. The fraction of sp³-hybridized carbons (Fsp3) is 0.176. The predicted molar refractivity (Wildman–Crippen MR) is 91.1 cm³/mol. The summed E-state index contributed by atoms with van der Waals surface area (Å²) in [4.78, 5) is 23.9. The summed E-state index contributed by atoms with van der Waals surface area (Å²) >= 11 is 5.86. The van der Waals surface area contributed by atoms with Crippen LogP contribution in [0.4, 0.5) is 11.4 Å². The minimum absolute atomic E-state index is 0.515. The van der Waals surface area contributed by atoms with Gasteiger partial charge in [0.2, 0.25) is 0 Å². The first-order valence-electron chi connectivity index (χ1n) is 7.11. The zero-order chi connectivity index (χ0) is 16.8. The van der Waals surface area contributed by atoms with Crippen LogP contribution < -0.4 is 15.4 Å².